The summed E-state index contributed by atoms with van der Waals surface area (Å²) >= 11 is 6.13. The first-order valence-electron chi connectivity index (χ1n) is 7.88. The SMILES string of the molecule is Cc1noc([C@@]2(O)CCN(S(=O)(=O)c3ccc(Cl)c4ncccc34)C2)n1. The van der Waals surface area contributed by atoms with Gasteiger partial charge in [-0.15, -0.1) is 0 Å². The lowest BCUT2D eigenvalue weighted by atomic mass is 10.0. The van der Waals surface area contributed by atoms with Gasteiger partial charge in [0.1, 0.15) is 0 Å². The number of aryl methyl sites for hydroxylation is 1. The third-order valence-electron chi connectivity index (χ3n) is 4.44. The van der Waals surface area contributed by atoms with Gasteiger partial charge in [0, 0.05) is 24.5 Å². The van der Waals surface area contributed by atoms with E-state index in [1.165, 1.54) is 16.4 Å². The third kappa shape index (κ3) is 2.67. The minimum atomic E-state index is -3.87. The molecule has 1 aliphatic rings. The van der Waals surface area contributed by atoms with Crippen molar-refractivity contribution < 1.29 is 18.0 Å². The van der Waals surface area contributed by atoms with Crippen LogP contribution < -0.4 is 0 Å². The van der Waals surface area contributed by atoms with Crippen molar-refractivity contribution in [2.45, 2.75) is 23.8 Å². The number of pyridine rings is 1. The molecule has 136 valence electrons. The summed E-state index contributed by atoms with van der Waals surface area (Å²) in [5, 5.41) is 15.3. The van der Waals surface area contributed by atoms with Gasteiger partial charge in [0.2, 0.25) is 10.0 Å². The number of aromatic nitrogens is 3. The van der Waals surface area contributed by atoms with E-state index < -0.39 is 15.6 Å². The van der Waals surface area contributed by atoms with Gasteiger partial charge >= 0.3 is 0 Å². The van der Waals surface area contributed by atoms with Crippen LogP contribution >= 0.6 is 11.6 Å². The van der Waals surface area contributed by atoms with E-state index in [2.05, 4.69) is 15.1 Å². The number of hydrogen-bond acceptors (Lipinski definition) is 7. The van der Waals surface area contributed by atoms with E-state index in [-0.39, 0.29) is 30.3 Å². The van der Waals surface area contributed by atoms with Crippen molar-refractivity contribution in [1.29, 1.82) is 0 Å². The molecule has 1 aromatic carbocycles. The van der Waals surface area contributed by atoms with Gasteiger partial charge in [0.05, 0.1) is 22.0 Å². The van der Waals surface area contributed by atoms with E-state index in [0.717, 1.165) is 0 Å². The number of β-amino-alcohol motifs (C(OH)–C–C–N with tert-alkyl or cyclic N) is 1. The third-order valence-corrected chi connectivity index (χ3v) is 6.64. The molecule has 1 saturated heterocycles. The summed E-state index contributed by atoms with van der Waals surface area (Å²) in [6, 6.07) is 6.27. The second kappa shape index (κ2) is 5.98. The molecule has 8 nitrogen and oxygen atoms in total. The minimum absolute atomic E-state index is 0.0235. The largest absolute Gasteiger partial charge is 0.379 e. The number of halogens is 1. The number of benzene rings is 1. The van der Waals surface area contributed by atoms with Crippen molar-refractivity contribution in [1.82, 2.24) is 19.4 Å². The first kappa shape index (κ1) is 17.3. The highest BCUT2D eigenvalue weighted by Crippen LogP contribution is 2.36. The van der Waals surface area contributed by atoms with Crippen LogP contribution in [-0.2, 0) is 15.6 Å². The van der Waals surface area contributed by atoms with Crippen molar-refractivity contribution in [2.75, 3.05) is 13.1 Å². The fourth-order valence-corrected chi connectivity index (χ4v) is 4.99. The molecule has 1 N–H and O–H groups in total. The predicted octanol–water partition coefficient (Wildman–Crippen LogP) is 1.86. The molecule has 0 bridgehead atoms. The molecular weight excluding hydrogens is 380 g/mol. The van der Waals surface area contributed by atoms with Crippen LogP contribution in [0, 0.1) is 6.92 Å². The fraction of sp³-hybridized carbons (Fsp3) is 0.312. The Morgan fingerprint density at radius 1 is 1.35 bits per heavy atom. The zero-order valence-electron chi connectivity index (χ0n) is 13.8. The van der Waals surface area contributed by atoms with Crippen LogP contribution in [0.1, 0.15) is 18.1 Å². The topological polar surface area (TPSA) is 109 Å². The Labute approximate surface area is 154 Å². The van der Waals surface area contributed by atoms with Gasteiger partial charge in [-0.1, -0.05) is 16.8 Å². The van der Waals surface area contributed by atoms with Crippen molar-refractivity contribution in [3.63, 3.8) is 0 Å². The van der Waals surface area contributed by atoms with Gasteiger partial charge in [0.15, 0.2) is 11.4 Å². The van der Waals surface area contributed by atoms with E-state index in [9.17, 15) is 13.5 Å². The first-order valence-corrected chi connectivity index (χ1v) is 9.70. The van der Waals surface area contributed by atoms with Crippen molar-refractivity contribution in [3.8, 4) is 0 Å². The van der Waals surface area contributed by atoms with Crippen molar-refractivity contribution in [3.05, 3.63) is 47.2 Å². The van der Waals surface area contributed by atoms with Crippen LogP contribution in [0.15, 0.2) is 39.9 Å². The molecule has 0 aliphatic carbocycles. The maximum absolute atomic E-state index is 13.2. The molecule has 0 amide bonds. The van der Waals surface area contributed by atoms with Crippen LogP contribution in [0.3, 0.4) is 0 Å². The van der Waals surface area contributed by atoms with Gasteiger partial charge in [-0.25, -0.2) is 8.42 Å². The lowest BCUT2D eigenvalue weighted by Gasteiger charge is -2.20. The van der Waals surface area contributed by atoms with Crippen molar-refractivity contribution in [2.24, 2.45) is 0 Å². The lowest BCUT2D eigenvalue weighted by Crippen LogP contribution is -2.34. The molecule has 0 saturated carbocycles. The molecule has 3 aromatic rings. The predicted molar refractivity (Wildman–Crippen MR) is 93.1 cm³/mol. The summed E-state index contributed by atoms with van der Waals surface area (Å²) in [6.45, 7) is 1.60. The zero-order chi connectivity index (χ0) is 18.5. The molecule has 3 heterocycles. The summed E-state index contributed by atoms with van der Waals surface area (Å²) in [5.74, 6) is 0.403. The number of hydrogen-bond donors (Lipinski definition) is 1. The summed E-state index contributed by atoms with van der Waals surface area (Å²) in [7, 11) is -3.87. The molecule has 0 radical (unpaired) electrons. The Morgan fingerprint density at radius 2 is 2.15 bits per heavy atom. The highest BCUT2D eigenvalue weighted by molar-refractivity contribution is 7.89. The summed E-state index contributed by atoms with van der Waals surface area (Å²) in [5.41, 5.74) is -1.09. The molecule has 26 heavy (non-hydrogen) atoms. The number of nitrogens with zero attached hydrogens (tertiary/aromatic N) is 4. The van der Waals surface area contributed by atoms with E-state index in [0.29, 0.717) is 21.7 Å². The van der Waals surface area contributed by atoms with Gasteiger partial charge in [-0.05, 0) is 31.2 Å². The monoisotopic (exact) mass is 394 g/mol. The number of rotatable bonds is 3. The van der Waals surface area contributed by atoms with Gasteiger partial charge < -0.3 is 9.63 Å². The van der Waals surface area contributed by atoms with Crippen LogP contribution in [0.25, 0.3) is 10.9 Å². The second-order valence-corrected chi connectivity index (χ2v) is 8.53. The Morgan fingerprint density at radius 3 is 2.88 bits per heavy atom. The Hall–Kier alpha value is -2.07. The molecular formula is C16H15ClN4O4S. The normalized spacial score (nSPS) is 21.5. The molecule has 0 spiro atoms. The highest BCUT2D eigenvalue weighted by Gasteiger charge is 2.46. The quantitative estimate of drug-likeness (QED) is 0.721. The van der Waals surface area contributed by atoms with Crippen LogP contribution in [0.5, 0.6) is 0 Å². The first-order chi connectivity index (χ1) is 12.3. The standard InChI is InChI=1S/C16H15ClN4O4S/c1-10-19-15(25-20-10)16(22)6-8-21(9-16)26(23,24)13-5-4-12(17)14-11(13)3-2-7-18-14/h2-5,7,22H,6,8-9H2,1H3/t16-/m1/s1. The molecule has 0 unspecified atom stereocenters. The number of aliphatic hydroxyl groups is 1. The minimum Gasteiger partial charge on any atom is -0.379 e. The Kier molecular flexibility index (Phi) is 3.99. The van der Waals surface area contributed by atoms with Crippen molar-refractivity contribution >= 4 is 32.5 Å². The summed E-state index contributed by atoms with van der Waals surface area (Å²) in [6.07, 6.45) is 1.72. The average Bonchev–Trinajstić information content (AvgIpc) is 3.23. The van der Waals surface area contributed by atoms with Crippen LogP contribution in [0.2, 0.25) is 5.02 Å². The van der Waals surface area contributed by atoms with Gasteiger partial charge in [-0.3, -0.25) is 4.98 Å². The van der Waals surface area contributed by atoms with E-state index >= 15 is 0 Å². The van der Waals surface area contributed by atoms with Gasteiger partial charge in [0.25, 0.3) is 5.89 Å². The van der Waals surface area contributed by atoms with E-state index in [1.807, 2.05) is 0 Å². The molecule has 4 rings (SSSR count). The molecule has 1 aliphatic heterocycles. The molecule has 1 fully saturated rings. The molecule has 1 atom stereocenters. The van der Waals surface area contributed by atoms with E-state index in [1.54, 1.807) is 25.3 Å². The highest BCUT2D eigenvalue weighted by atomic mass is 35.5. The van der Waals surface area contributed by atoms with Gasteiger partial charge in [-0.2, -0.15) is 9.29 Å². The molecule has 2 aromatic heterocycles. The Balaban J connectivity index is 1.74. The maximum atomic E-state index is 13.2. The lowest BCUT2D eigenvalue weighted by molar-refractivity contribution is 0.0194. The second-order valence-electron chi connectivity index (χ2n) is 6.21. The molecule has 10 heteroatoms. The maximum Gasteiger partial charge on any atom is 0.260 e. The summed E-state index contributed by atoms with van der Waals surface area (Å²) < 4.78 is 32.6. The number of fused-ring (bicyclic) bond motifs is 1. The fourth-order valence-electron chi connectivity index (χ4n) is 3.10. The Bertz CT molecular complexity index is 1100. The average molecular weight is 395 g/mol. The summed E-state index contributed by atoms with van der Waals surface area (Å²) in [4.78, 5) is 8.29. The van der Waals surface area contributed by atoms with Crippen LogP contribution in [-0.4, -0.2) is 46.0 Å². The zero-order valence-corrected chi connectivity index (χ0v) is 15.3. The number of sulfonamides is 1. The van der Waals surface area contributed by atoms with E-state index in [4.69, 9.17) is 16.1 Å². The van der Waals surface area contributed by atoms with Crippen LogP contribution in [0.4, 0.5) is 0 Å². The smallest absolute Gasteiger partial charge is 0.260 e.